The van der Waals surface area contributed by atoms with Crippen LogP contribution in [0.5, 0.6) is 5.75 Å². The Morgan fingerprint density at radius 1 is 1.03 bits per heavy atom. The van der Waals surface area contributed by atoms with Crippen LogP contribution < -0.4 is 21.3 Å². The van der Waals surface area contributed by atoms with E-state index in [9.17, 15) is 9.59 Å². The molecule has 0 radical (unpaired) electrons. The SMILES string of the molecule is COc1ccc(Cn2c(NCCN3CCCCC3)nc3c2c(=O)n(C)c(=O)n3C)cc1. The van der Waals surface area contributed by atoms with Crippen LogP contribution in [0.1, 0.15) is 24.8 Å². The molecule has 1 aromatic carbocycles. The third-order valence-electron chi connectivity index (χ3n) is 6.01. The van der Waals surface area contributed by atoms with Crippen LogP contribution in [0, 0.1) is 0 Å². The molecule has 4 rings (SSSR count). The minimum atomic E-state index is -0.383. The number of benzene rings is 1. The number of imidazole rings is 1. The molecule has 0 unspecified atom stereocenters. The Balaban J connectivity index is 1.69. The summed E-state index contributed by atoms with van der Waals surface area (Å²) in [4.78, 5) is 32.5. The first-order valence-electron chi connectivity index (χ1n) is 10.7. The summed E-state index contributed by atoms with van der Waals surface area (Å²) in [5, 5.41) is 3.41. The summed E-state index contributed by atoms with van der Waals surface area (Å²) in [7, 11) is 4.78. The smallest absolute Gasteiger partial charge is 0.332 e. The topological polar surface area (TPSA) is 86.3 Å². The maximum absolute atomic E-state index is 13.0. The molecule has 3 heterocycles. The van der Waals surface area contributed by atoms with Gasteiger partial charge in [0.05, 0.1) is 13.7 Å². The van der Waals surface area contributed by atoms with E-state index < -0.39 is 0 Å². The zero-order valence-electron chi connectivity index (χ0n) is 18.4. The summed E-state index contributed by atoms with van der Waals surface area (Å²) in [5.41, 5.74) is 1.09. The molecule has 0 amide bonds. The van der Waals surface area contributed by atoms with Crippen molar-refractivity contribution in [3.63, 3.8) is 0 Å². The van der Waals surface area contributed by atoms with Crippen LogP contribution in [-0.2, 0) is 20.6 Å². The molecule has 0 aliphatic carbocycles. The van der Waals surface area contributed by atoms with E-state index in [4.69, 9.17) is 4.74 Å². The van der Waals surface area contributed by atoms with Crippen molar-refractivity contribution in [1.82, 2.24) is 23.6 Å². The molecule has 1 aliphatic rings. The van der Waals surface area contributed by atoms with Gasteiger partial charge in [0.15, 0.2) is 11.2 Å². The number of ether oxygens (including phenoxy) is 1. The van der Waals surface area contributed by atoms with E-state index in [0.717, 1.165) is 42.1 Å². The number of piperidine rings is 1. The third-order valence-corrected chi connectivity index (χ3v) is 6.01. The van der Waals surface area contributed by atoms with Gasteiger partial charge >= 0.3 is 5.69 Å². The molecule has 31 heavy (non-hydrogen) atoms. The molecule has 1 fully saturated rings. The second-order valence-electron chi connectivity index (χ2n) is 8.08. The van der Waals surface area contributed by atoms with Gasteiger partial charge in [0.25, 0.3) is 5.56 Å². The predicted molar refractivity (Wildman–Crippen MR) is 121 cm³/mol. The fourth-order valence-corrected chi connectivity index (χ4v) is 4.16. The van der Waals surface area contributed by atoms with Gasteiger partial charge in [-0.15, -0.1) is 0 Å². The van der Waals surface area contributed by atoms with Crippen LogP contribution in [0.3, 0.4) is 0 Å². The Morgan fingerprint density at radius 2 is 1.74 bits per heavy atom. The van der Waals surface area contributed by atoms with Crippen molar-refractivity contribution in [1.29, 1.82) is 0 Å². The normalized spacial score (nSPS) is 14.8. The largest absolute Gasteiger partial charge is 0.497 e. The molecule has 9 nitrogen and oxygen atoms in total. The standard InChI is InChI=1S/C22H30N6O3/c1-25-19-18(20(29)26(2)22(25)30)28(15-16-7-9-17(31-3)10-8-16)21(24-19)23-11-14-27-12-5-4-6-13-27/h7-10H,4-6,11-15H2,1-3H3,(H,23,24). The fraction of sp³-hybridized carbons (Fsp3) is 0.500. The Labute approximate surface area is 180 Å². The summed E-state index contributed by atoms with van der Waals surface area (Å²) < 4.78 is 9.67. The van der Waals surface area contributed by atoms with Gasteiger partial charge in [0.1, 0.15) is 5.75 Å². The molecule has 0 atom stereocenters. The van der Waals surface area contributed by atoms with Crippen molar-refractivity contribution in [2.45, 2.75) is 25.8 Å². The number of aromatic nitrogens is 4. The van der Waals surface area contributed by atoms with Crippen LogP contribution in [-0.4, -0.2) is 56.9 Å². The van der Waals surface area contributed by atoms with Gasteiger partial charge in [0, 0.05) is 27.2 Å². The van der Waals surface area contributed by atoms with Crippen LogP contribution in [0.4, 0.5) is 5.95 Å². The maximum atomic E-state index is 13.0. The number of rotatable bonds is 7. The highest BCUT2D eigenvalue weighted by Crippen LogP contribution is 2.19. The molecule has 0 bridgehead atoms. The molecule has 2 aromatic heterocycles. The van der Waals surface area contributed by atoms with Crippen LogP contribution in [0.15, 0.2) is 33.9 Å². The van der Waals surface area contributed by atoms with E-state index in [1.807, 2.05) is 28.8 Å². The first-order chi connectivity index (χ1) is 15.0. The minimum absolute atomic E-state index is 0.344. The Hall–Kier alpha value is -3.07. The maximum Gasteiger partial charge on any atom is 0.332 e. The molecule has 0 spiro atoms. The third kappa shape index (κ3) is 4.23. The predicted octanol–water partition coefficient (Wildman–Crippen LogP) is 1.39. The average molecular weight is 427 g/mol. The summed E-state index contributed by atoms with van der Waals surface area (Å²) in [6, 6.07) is 7.72. The zero-order chi connectivity index (χ0) is 22.0. The number of nitrogens with zero attached hydrogens (tertiary/aromatic N) is 5. The summed E-state index contributed by atoms with van der Waals surface area (Å²) in [6.07, 6.45) is 3.79. The number of likely N-dealkylation sites (tertiary alicyclic amines) is 1. The van der Waals surface area contributed by atoms with E-state index >= 15 is 0 Å². The highest BCUT2D eigenvalue weighted by molar-refractivity contribution is 5.74. The highest BCUT2D eigenvalue weighted by atomic mass is 16.5. The molecule has 0 saturated carbocycles. The lowest BCUT2D eigenvalue weighted by molar-refractivity contribution is 0.237. The van der Waals surface area contributed by atoms with E-state index in [2.05, 4.69) is 15.2 Å². The lowest BCUT2D eigenvalue weighted by Gasteiger charge is -2.26. The lowest BCUT2D eigenvalue weighted by Crippen LogP contribution is -2.37. The quantitative estimate of drug-likeness (QED) is 0.615. The Kier molecular flexibility index (Phi) is 6.13. The summed E-state index contributed by atoms with van der Waals surface area (Å²) >= 11 is 0. The number of methoxy groups -OCH3 is 1. The van der Waals surface area contributed by atoms with Crippen LogP contribution in [0.2, 0.25) is 0 Å². The summed E-state index contributed by atoms with van der Waals surface area (Å²) in [6.45, 7) is 4.35. The van der Waals surface area contributed by atoms with Gasteiger partial charge in [-0.1, -0.05) is 18.6 Å². The van der Waals surface area contributed by atoms with E-state index in [0.29, 0.717) is 23.7 Å². The van der Waals surface area contributed by atoms with Crippen molar-refractivity contribution < 1.29 is 4.74 Å². The van der Waals surface area contributed by atoms with E-state index in [-0.39, 0.29) is 11.2 Å². The molecule has 1 aliphatic heterocycles. The molecule has 1 N–H and O–H groups in total. The number of fused-ring (bicyclic) bond motifs is 1. The number of nitrogens with one attached hydrogen (secondary N) is 1. The van der Waals surface area contributed by atoms with Gasteiger partial charge in [-0.25, -0.2) is 4.79 Å². The second-order valence-corrected chi connectivity index (χ2v) is 8.08. The van der Waals surface area contributed by atoms with Gasteiger partial charge in [-0.05, 0) is 43.6 Å². The van der Waals surface area contributed by atoms with Gasteiger partial charge in [-0.2, -0.15) is 4.98 Å². The molecule has 166 valence electrons. The minimum Gasteiger partial charge on any atom is -0.497 e. The fourth-order valence-electron chi connectivity index (χ4n) is 4.16. The molecular weight excluding hydrogens is 396 g/mol. The molecule has 1 saturated heterocycles. The van der Waals surface area contributed by atoms with Crippen LogP contribution in [0.25, 0.3) is 11.2 Å². The zero-order valence-corrected chi connectivity index (χ0v) is 18.4. The highest BCUT2D eigenvalue weighted by Gasteiger charge is 2.19. The Morgan fingerprint density at radius 3 is 2.42 bits per heavy atom. The second kappa shape index (κ2) is 8.97. The van der Waals surface area contributed by atoms with Gasteiger partial charge in [-0.3, -0.25) is 18.5 Å². The van der Waals surface area contributed by atoms with E-state index in [1.165, 1.54) is 30.9 Å². The first kappa shape index (κ1) is 21.2. The molecular formula is C22H30N6O3. The van der Waals surface area contributed by atoms with Crippen molar-refractivity contribution in [2.75, 3.05) is 38.6 Å². The lowest BCUT2D eigenvalue weighted by atomic mass is 10.1. The van der Waals surface area contributed by atoms with Crippen LogP contribution >= 0.6 is 0 Å². The number of aryl methyl sites for hydroxylation is 1. The average Bonchev–Trinajstić information content (AvgIpc) is 3.15. The summed E-state index contributed by atoms with van der Waals surface area (Å²) in [5.74, 6) is 1.37. The van der Waals surface area contributed by atoms with E-state index in [1.54, 1.807) is 14.2 Å². The monoisotopic (exact) mass is 426 g/mol. The number of hydrogen-bond acceptors (Lipinski definition) is 6. The molecule has 9 heteroatoms. The number of hydrogen-bond donors (Lipinski definition) is 1. The molecule has 3 aromatic rings. The van der Waals surface area contributed by atoms with Crippen molar-refractivity contribution in [3.05, 3.63) is 50.7 Å². The van der Waals surface area contributed by atoms with Crippen molar-refractivity contribution in [3.8, 4) is 5.75 Å². The van der Waals surface area contributed by atoms with Crippen molar-refractivity contribution >= 4 is 17.1 Å². The first-order valence-corrected chi connectivity index (χ1v) is 10.7. The van der Waals surface area contributed by atoms with Gasteiger partial charge < -0.3 is 15.0 Å². The van der Waals surface area contributed by atoms with Crippen molar-refractivity contribution in [2.24, 2.45) is 14.1 Å². The van der Waals surface area contributed by atoms with Gasteiger partial charge in [0.2, 0.25) is 5.95 Å². The number of anilines is 1. The Bertz CT molecular complexity index is 1170.